The number of rotatable bonds is 3. The van der Waals surface area contributed by atoms with Gasteiger partial charge in [-0.05, 0) is 48.8 Å². The summed E-state index contributed by atoms with van der Waals surface area (Å²) in [7, 11) is 0. The normalized spacial score (nSPS) is 30.0. The second-order valence-electron chi connectivity index (χ2n) is 6.46. The molecule has 1 N–H and O–H groups in total. The SMILES string of the molecule is CC1CCC(C(C)C)C(C#N)(Nc2cccc(Cl)c2)C1. The zero-order chi connectivity index (χ0) is 14.8. The van der Waals surface area contributed by atoms with Gasteiger partial charge in [-0.3, -0.25) is 0 Å². The van der Waals surface area contributed by atoms with Crippen molar-refractivity contribution in [1.82, 2.24) is 0 Å². The number of anilines is 1. The summed E-state index contributed by atoms with van der Waals surface area (Å²) in [6.07, 6.45) is 3.22. The van der Waals surface area contributed by atoms with Crippen molar-refractivity contribution < 1.29 is 0 Å². The molecule has 0 amide bonds. The minimum Gasteiger partial charge on any atom is -0.367 e. The first kappa shape index (κ1) is 15.2. The van der Waals surface area contributed by atoms with Crippen LogP contribution in [0.3, 0.4) is 0 Å². The van der Waals surface area contributed by atoms with Gasteiger partial charge in [0.05, 0.1) is 6.07 Å². The van der Waals surface area contributed by atoms with Gasteiger partial charge in [0.25, 0.3) is 0 Å². The number of nitrogens with zero attached hydrogens (tertiary/aromatic N) is 1. The second-order valence-corrected chi connectivity index (χ2v) is 6.89. The van der Waals surface area contributed by atoms with Crippen LogP contribution < -0.4 is 5.32 Å². The van der Waals surface area contributed by atoms with Crippen molar-refractivity contribution in [3.8, 4) is 6.07 Å². The van der Waals surface area contributed by atoms with Gasteiger partial charge in [0.2, 0.25) is 0 Å². The maximum Gasteiger partial charge on any atom is 0.128 e. The lowest BCUT2D eigenvalue weighted by Crippen LogP contribution is -2.50. The number of nitriles is 1. The Balaban J connectivity index is 2.32. The van der Waals surface area contributed by atoms with Crippen molar-refractivity contribution in [2.24, 2.45) is 17.8 Å². The fourth-order valence-corrected chi connectivity index (χ4v) is 3.73. The molecular weight excluding hydrogens is 268 g/mol. The summed E-state index contributed by atoms with van der Waals surface area (Å²) in [5.74, 6) is 1.45. The highest BCUT2D eigenvalue weighted by molar-refractivity contribution is 6.30. The Morgan fingerprint density at radius 2 is 2.15 bits per heavy atom. The molecule has 3 heteroatoms. The van der Waals surface area contributed by atoms with Crippen LogP contribution >= 0.6 is 11.6 Å². The van der Waals surface area contributed by atoms with E-state index in [1.54, 1.807) is 0 Å². The molecule has 1 aromatic rings. The van der Waals surface area contributed by atoms with Crippen LogP contribution in [0.1, 0.15) is 40.0 Å². The van der Waals surface area contributed by atoms with E-state index in [9.17, 15) is 5.26 Å². The fourth-order valence-electron chi connectivity index (χ4n) is 3.54. The van der Waals surface area contributed by atoms with Gasteiger partial charge in [-0.25, -0.2) is 0 Å². The monoisotopic (exact) mass is 290 g/mol. The predicted molar refractivity (Wildman–Crippen MR) is 84.8 cm³/mol. The van der Waals surface area contributed by atoms with Crippen LogP contribution in [0.15, 0.2) is 24.3 Å². The Kier molecular flexibility index (Phi) is 4.60. The first-order valence-corrected chi connectivity index (χ1v) is 7.79. The van der Waals surface area contributed by atoms with Crippen molar-refractivity contribution in [3.05, 3.63) is 29.3 Å². The molecule has 0 spiro atoms. The Bertz CT molecular complexity index is 506. The zero-order valence-electron chi connectivity index (χ0n) is 12.5. The smallest absolute Gasteiger partial charge is 0.128 e. The van der Waals surface area contributed by atoms with Crippen LogP contribution in [0, 0.1) is 29.1 Å². The average molecular weight is 291 g/mol. The fraction of sp³-hybridized carbons (Fsp3) is 0.588. The molecule has 2 rings (SSSR count). The van der Waals surface area contributed by atoms with E-state index >= 15 is 0 Å². The molecule has 2 nitrogen and oxygen atoms in total. The summed E-state index contributed by atoms with van der Waals surface area (Å²) < 4.78 is 0. The molecule has 0 bridgehead atoms. The van der Waals surface area contributed by atoms with Gasteiger partial charge in [-0.2, -0.15) is 5.26 Å². The van der Waals surface area contributed by atoms with E-state index < -0.39 is 5.54 Å². The van der Waals surface area contributed by atoms with E-state index in [1.165, 1.54) is 6.42 Å². The predicted octanol–water partition coefficient (Wildman–Crippen LogP) is 5.11. The number of hydrogen-bond donors (Lipinski definition) is 1. The summed E-state index contributed by atoms with van der Waals surface area (Å²) in [6.45, 7) is 6.67. The van der Waals surface area contributed by atoms with E-state index in [2.05, 4.69) is 32.2 Å². The Labute approximate surface area is 127 Å². The highest BCUT2D eigenvalue weighted by Crippen LogP contribution is 2.42. The van der Waals surface area contributed by atoms with E-state index in [-0.39, 0.29) is 0 Å². The lowest BCUT2D eigenvalue weighted by atomic mass is 9.65. The third kappa shape index (κ3) is 3.10. The molecule has 3 atom stereocenters. The van der Waals surface area contributed by atoms with Crippen molar-refractivity contribution >= 4 is 17.3 Å². The molecule has 1 saturated carbocycles. The Hall–Kier alpha value is -1.20. The van der Waals surface area contributed by atoms with Crippen molar-refractivity contribution in [3.63, 3.8) is 0 Å². The van der Waals surface area contributed by atoms with E-state index in [0.29, 0.717) is 22.8 Å². The average Bonchev–Trinajstić information content (AvgIpc) is 2.38. The van der Waals surface area contributed by atoms with Gasteiger partial charge in [0.1, 0.15) is 5.54 Å². The van der Waals surface area contributed by atoms with Crippen LogP contribution in [0.5, 0.6) is 0 Å². The molecule has 0 saturated heterocycles. The summed E-state index contributed by atoms with van der Waals surface area (Å²) in [5.41, 5.74) is 0.468. The summed E-state index contributed by atoms with van der Waals surface area (Å²) >= 11 is 6.06. The van der Waals surface area contributed by atoms with Crippen molar-refractivity contribution in [2.75, 3.05) is 5.32 Å². The minimum atomic E-state index is -0.476. The molecule has 108 valence electrons. The van der Waals surface area contributed by atoms with Gasteiger partial charge in [0, 0.05) is 10.7 Å². The molecule has 20 heavy (non-hydrogen) atoms. The standard InChI is InChI=1S/C17H23ClN2/c1-12(2)16-8-7-13(3)10-17(16,11-19)20-15-6-4-5-14(18)9-15/h4-6,9,12-13,16,20H,7-8,10H2,1-3H3. The van der Waals surface area contributed by atoms with Crippen LogP contribution in [0.2, 0.25) is 5.02 Å². The summed E-state index contributed by atoms with van der Waals surface area (Å²) in [6, 6.07) is 10.3. The maximum absolute atomic E-state index is 9.86. The zero-order valence-corrected chi connectivity index (χ0v) is 13.2. The largest absolute Gasteiger partial charge is 0.367 e. The topological polar surface area (TPSA) is 35.8 Å². The first-order valence-electron chi connectivity index (χ1n) is 7.42. The third-order valence-electron chi connectivity index (χ3n) is 4.47. The van der Waals surface area contributed by atoms with Gasteiger partial charge in [-0.15, -0.1) is 0 Å². The molecule has 0 aliphatic heterocycles. The second kappa shape index (κ2) is 6.06. The number of benzene rings is 1. The number of halogens is 1. The molecule has 1 aliphatic carbocycles. The molecule has 0 radical (unpaired) electrons. The van der Waals surface area contributed by atoms with Gasteiger partial charge in [-0.1, -0.05) is 44.9 Å². The van der Waals surface area contributed by atoms with Gasteiger partial charge in [0.15, 0.2) is 0 Å². The molecule has 3 unspecified atom stereocenters. The van der Waals surface area contributed by atoms with Gasteiger partial charge >= 0.3 is 0 Å². The molecular formula is C17H23ClN2. The molecule has 1 aliphatic rings. The van der Waals surface area contributed by atoms with Crippen LogP contribution in [0.4, 0.5) is 5.69 Å². The third-order valence-corrected chi connectivity index (χ3v) is 4.71. The Morgan fingerprint density at radius 1 is 1.40 bits per heavy atom. The quantitative estimate of drug-likeness (QED) is 0.840. The van der Waals surface area contributed by atoms with E-state index in [1.807, 2.05) is 24.3 Å². The van der Waals surface area contributed by atoms with E-state index in [4.69, 9.17) is 11.6 Å². The first-order chi connectivity index (χ1) is 9.47. The number of hydrogen-bond acceptors (Lipinski definition) is 2. The summed E-state index contributed by atoms with van der Waals surface area (Å²) in [4.78, 5) is 0. The summed E-state index contributed by atoms with van der Waals surface area (Å²) in [5, 5.41) is 14.1. The number of nitrogens with one attached hydrogen (secondary N) is 1. The van der Waals surface area contributed by atoms with Crippen LogP contribution in [-0.2, 0) is 0 Å². The van der Waals surface area contributed by atoms with Gasteiger partial charge < -0.3 is 5.32 Å². The molecule has 0 aromatic heterocycles. The minimum absolute atomic E-state index is 0.377. The van der Waals surface area contributed by atoms with E-state index in [0.717, 1.165) is 18.5 Å². The molecule has 1 fully saturated rings. The highest BCUT2D eigenvalue weighted by Gasteiger charge is 2.44. The van der Waals surface area contributed by atoms with Crippen molar-refractivity contribution in [2.45, 2.75) is 45.6 Å². The Morgan fingerprint density at radius 3 is 2.75 bits per heavy atom. The molecule has 1 aromatic carbocycles. The molecule has 0 heterocycles. The van der Waals surface area contributed by atoms with Crippen LogP contribution in [-0.4, -0.2) is 5.54 Å². The maximum atomic E-state index is 9.86. The highest BCUT2D eigenvalue weighted by atomic mass is 35.5. The lowest BCUT2D eigenvalue weighted by Gasteiger charge is -2.44. The lowest BCUT2D eigenvalue weighted by molar-refractivity contribution is 0.167. The van der Waals surface area contributed by atoms with Crippen molar-refractivity contribution in [1.29, 1.82) is 5.26 Å². The van der Waals surface area contributed by atoms with Crippen LogP contribution in [0.25, 0.3) is 0 Å².